The fraction of sp³-hybridized carbons (Fsp3) is 0.851. The summed E-state index contributed by atoms with van der Waals surface area (Å²) in [5.74, 6) is -0.191. The van der Waals surface area contributed by atoms with Crippen molar-refractivity contribution < 1.29 is 39.8 Å². The van der Waals surface area contributed by atoms with E-state index in [-0.39, 0.29) is 12.5 Å². The van der Waals surface area contributed by atoms with Gasteiger partial charge in [-0.25, -0.2) is 0 Å². The molecule has 1 saturated heterocycles. The predicted octanol–water partition coefficient (Wildman–Crippen LogP) is 9.67. The second kappa shape index (κ2) is 37.7. The van der Waals surface area contributed by atoms with Gasteiger partial charge in [-0.2, -0.15) is 0 Å². The zero-order valence-corrected chi connectivity index (χ0v) is 35.9. The number of carbonyl (C=O) groups excluding carboxylic acids is 1. The van der Waals surface area contributed by atoms with Crippen molar-refractivity contribution in [3.8, 4) is 0 Å². The van der Waals surface area contributed by atoms with Gasteiger partial charge in [0.15, 0.2) is 6.29 Å². The molecule has 7 atom stereocenters. The van der Waals surface area contributed by atoms with Crippen LogP contribution in [0.15, 0.2) is 36.5 Å². The molecule has 0 aromatic heterocycles. The SMILES string of the molecule is CCCCCC/C=C\C/C=C\CCCCCCCC(=O)NC(COC1OC(CO)C(O)C(O)C1O)C(O)/C=C/CCCCCCCCCCCCCCCCC. The Morgan fingerprint density at radius 2 is 1.05 bits per heavy atom. The zero-order valence-electron chi connectivity index (χ0n) is 35.9. The molecule has 1 amide bonds. The summed E-state index contributed by atoms with van der Waals surface area (Å²) in [5, 5.41) is 54.2. The van der Waals surface area contributed by atoms with Crippen LogP contribution in [0.5, 0.6) is 0 Å². The maximum Gasteiger partial charge on any atom is 0.220 e. The molecule has 0 saturated carbocycles. The highest BCUT2D eigenvalue weighted by Gasteiger charge is 2.44. The van der Waals surface area contributed by atoms with Crippen LogP contribution in [0.1, 0.15) is 200 Å². The van der Waals surface area contributed by atoms with E-state index in [1.165, 1.54) is 116 Å². The second-order valence-electron chi connectivity index (χ2n) is 16.2. The van der Waals surface area contributed by atoms with Crippen molar-refractivity contribution in [3.05, 3.63) is 36.5 Å². The highest BCUT2D eigenvalue weighted by atomic mass is 16.7. The fourth-order valence-electron chi connectivity index (χ4n) is 7.19. The summed E-state index contributed by atoms with van der Waals surface area (Å²) in [6.45, 7) is 3.75. The number of hydrogen-bond donors (Lipinski definition) is 6. The van der Waals surface area contributed by atoms with Gasteiger partial charge >= 0.3 is 0 Å². The normalized spacial score (nSPS) is 21.4. The lowest BCUT2D eigenvalue weighted by atomic mass is 9.99. The maximum absolute atomic E-state index is 12.9. The average molecular weight is 794 g/mol. The van der Waals surface area contributed by atoms with Crippen molar-refractivity contribution in [1.29, 1.82) is 0 Å². The molecular weight excluding hydrogens is 707 g/mol. The van der Waals surface area contributed by atoms with Crippen LogP contribution in [0.4, 0.5) is 0 Å². The minimum absolute atomic E-state index is 0.191. The van der Waals surface area contributed by atoms with E-state index in [1.54, 1.807) is 6.08 Å². The molecule has 1 heterocycles. The third-order valence-corrected chi connectivity index (χ3v) is 11.0. The van der Waals surface area contributed by atoms with Crippen LogP contribution in [0, 0.1) is 0 Å². The molecule has 1 aliphatic heterocycles. The van der Waals surface area contributed by atoms with Crippen LogP contribution in [-0.2, 0) is 14.3 Å². The third-order valence-electron chi connectivity index (χ3n) is 11.0. The average Bonchev–Trinajstić information content (AvgIpc) is 3.20. The molecule has 1 fully saturated rings. The second-order valence-corrected chi connectivity index (χ2v) is 16.2. The van der Waals surface area contributed by atoms with Crippen LogP contribution in [0.2, 0.25) is 0 Å². The van der Waals surface area contributed by atoms with Gasteiger partial charge in [0.25, 0.3) is 0 Å². The molecule has 0 spiro atoms. The van der Waals surface area contributed by atoms with Crippen LogP contribution < -0.4 is 5.32 Å². The number of allylic oxidation sites excluding steroid dienone is 5. The molecule has 0 aliphatic carbocycles. The number of nitrogens with one attached hydrogen (secondary N) is 1. The van der Waals surface area contributed by atoms with E-state index in [2.05, 4.69) is 43.5 Å². The molecule has 0 aromatic rings. The summed E-state index contributed by atoms with van der Waals surface area (Å²) >= 11 is 0. The van der Waals surface area contributed by atoms with Gasteiger partial charge in [-0.3, -0.25) is 4.79 Å². The van der Waals surface area contributed by atoms with E-state index in [0.717, 1.165) is 64.2 Å². The third kappa shape index (κ3) is 27.9. The van der Waals surface area contributed by atoms with Crippen molar-refractivity contribution in [2.45, 2.75) is 243 Å². The van der Waals surface area contributed by atoms with Gasteiger partial charge in [0, 0.05) is 6.42 Å². The summed E-state index contributed by atoms with van der Waals surface area (Å²) in [5.41, 5.74) is 0. The van der Waals surface area contributed by atoms with Gasteiger partial charge in [-0.1, -0.05) is 179 Å². The molecule has 7 unspecified atom stereocenters. The first kappa shape index (κ1) is 52.4. The van der Waals surface area contributed by atoms with Gasteiger partial charge in [0.05, 0.1) is 25.4 Å². The van der Waals surface area contributed by atoms with E-state index in [1.807, 2.05) is 6.08 Å². The van der Waals surface area contributed by atoms with E-state index in [0.29, 0.717) is 6.42 Å². The first-order valence-corrected chi connectivity index (χ1v) is 23.2. The molecule has 328 valence electrons. The first-order valence-electron chi connectivity index (χ1n) is 23.2. The summed E-state index contributed by atoms with van der Waals surface area (Å²) in [4.78, 5) is 12.9. The van der Waals surface area contributed by atoms with Crippen LogP contribution >= 0.6 is 0 Å². The fourth-order valence-corrected chi connectivity index (χ4v) is 7.19. The predicted molar refractivity (Wildman–Crippen MR) is 230 cm³/mol. The first-order chi connectivity index (χ1) is 27.3. The molecule has 1 aliphatic rings. The lowest BCUT2D eigenvalue weighted by molar-refractivity contribution is -0.302. The number of aliphatic hydroxyl groups is 5. The number of hydrogen-bond acceptors (Lipinski definition) is 8. The molecule has 0 radical (unpaired) electrons. The van der Waals surface area contributed by atoms with Gasteiger partial charge in [0.2, 0.25) is 5.91 Å². The molecule has 56 heavy (non-hydrogen) atoms. The summed E-state index contributed by atoms with van der Waals surface area (Å²) in [7, 11) is 0. The quantitative estimate of drug-likeness (QED) is 0.0268. The Morgan fingerprint density at radius 3 is 1.55 bits per heavy atom. The Labute approximate surface area is 342 Å². The number of ether oxygens (including phenoxy) is 2. The number of rotatable bonds is 38. The van der Waals surface area contributed by atoms with Crippen molar-refractivity contribution >= 4 is 5.91 Å². The summed E-state index contributed by atoms with van der Waals surface area (Å²) < 4.78 is 11.2. The maximum atomic E-state index is 12.9. The van der Waals surface area contributed by atoms with Gasteiger partial charge < -0.3 is 40.3 Å². The lowest BCUT2D eigenvalue weighted by Crippen LogP contribution is -2.60. The van der Waals surface area contributed by atoms with Crippen LogP contribution in [-0.4, -0.2) is 87.5 Å². The smallest absolute Gasteiger partial charge is 0.220 e. The van der Waals surface area contributed by atoms with Crippen LogP contribution in [0.3, 0.4) is 0 Å². The minimum atomic E-state index is -1.57. The molecule has 9 heteroatoms. The molecule has 9 nitrogen and oxygen atoms in total. The molecule has 6 N–H and O–H groups in total. The Hall–Kier alpha value is -1.59. The Kier molecular flexibility index (Phi) is 35.3. The Bertz CT molecular complexity index is 972. The van der Waals surface area contributed by atoms with E-state index >= 15 is 0 Å². The Balaban J connectivity index is 2.38. The summed E-state index contributed by atoms with van der Waals surface area (Å²) in [6.07, 6.45) is 38.9. The van der Waals surface area contributed by atoms with Crippen LogP contribution in [0.25, 0.3) is 0 Å². The molecular formula is C47H87NO8. The molecule has 0 bridgehead atoms. The van der Waals surface area contributed by atoms with Gasteiger partial charge in [-0.15, -0.1) is 0 Å². The number of aliphatic hydroxyl groups excluding tert-OH is 5. The number of unbranched alkanes of at least 4 members (excludes halogenated alkanes) is 24. The monoisotopic (exact) mass is 794 g/mol. The van der Waals surface area contributed by atoms with Gasteiger partial charge in [-0.05, 0) is 51.4 Å². The van der Waals surface area contributed by atoms with Crippen molar-refractivity contribution in [3.63, 3.8) is 0 Å². The van der Waals surface area contributed by atoms with Crippen molar-refractivity contribution in [2.75, 3.05) is 13.2 Å². The van der Waals surface area contributed by atoms with E-state index in [4.69, 9.17) is 9.47 Å². The van der Waals surface area contributed by atoms with Crippen molar-refractivity contribution in [2.24, 2.45) is 0 Å². The standard InChI is InChI=1S/C47H87NO8/c1-3-5-7-9-11-13-15-17-19-21-22-24-26-28-30-32-34-36-41(50)40(39-55-47-46(54)45(53)44(52)42(38-49)56-47)48-43(51)37-35-33-31-29-27-25-23-20-18-16-14-12-10-8-6-4-2/h14,16,20,23,34,36,40-42,44-47,49-50,52-54H,3-13,15,17-19,21-22,24-33,35,37-39H2,1-2H3,(H,48,51)/b16-14-,23-20-,36-34+. The molecule has 0 aromatic carbocycles. The Morgan fingerprint density at radius 1 is 0.607 bits per heavy atom. The number of carbonyl (C=O) groups is 1. The van der Waals surface area contributed by atoms with Crippen molar-refractivity contribution in [1.82, 2.24) is 5.32 Å². The van der Waals surface area contributed by atoms with E-state index < -0.39 is 49.5 Å². The number of amides is 1. The summed E-state index contributed by atoms with van der Waals surface area (Å²) in [6, 6.07) is -0.810. The highest BCUT2D eigenvalue weighted by Crippen LogP contribution is 2.22. The van der Waals surface area contributed by atoms with E-state index in [9.17, 15) is 30.3 Å². The topological polar surface area (TPSA) is 149 Å². The highest BCUT2D eigenvalue weighted by molar-refractivity contribution is 5.76. The minimum Gasteiger partial charge on any atom is -0.394 e. The largest absolute Gasteiger partial charge is 0.394 e. The molecule has 1 rings (SSSR count). The lowest BCUT2D eigenvalue weighted by Gasteiger charge is -2.40. The zero-order chi connectivity index (χ0) is 40.9. The van der Waals surface area contributed by atoms with Gasteiger partial charge in [0.1, 0.15) is 24.4 Å².